The Bertz CT molecular complexity index is 1670. The highest BCUT2D eigenvalue weighted by Gasteiger charge is 2.68. The normalized spacial score (nSPS) is 32.2. The number of nitrogens with two attached hydrogens (primary N) is 1. The van der Waals surface area contributed by atoms with Crippen molar-refractivity contribution < 1.29 is 30.0 Å². The number of rotatable bonds is 11. The third-order valence-electron chi connectivity index (χ3n) is 12.1. The molecule has 6 atom stereocenters. The van der Waals surface area contributed by atoms with E-state index in [4.69, 9.17) is 5.73 Å². The van der Waals surface area contributed by atoms with E-state index < -0.39 is 28.7 Å². The van der Waals surface area contributed by atoms with Crippen molar-refractivity contribution in [3.63, 3.8) is 0 Å². The van der Waals surface area contributed by atoms with Gasteiger partial charge in [0.15, 0.2) is 5.78 Å². The van der Waals surface area contributed by atoms with Gasteiger partial charge in [0.05, 0.1) is 24.7 Å². The number of aliphatic hydroxyl groups is 4. The summed E-state index contributed by atoms with van der Waals surface area (Å²) in [5.41, 5.74) is 10.7. The van der Waals surface area contributed by atoms with Gasteiger partial charge in [-0.2, -0.15) is 0 Å². The number of nitrogens with one attached hydrogen (secondary N) is 1. The molecule has 0 radical (unpaired) electrons. The van der Waals surface area contributed by atoms with Crippen LogP contribution in [0.25, 0.3) is 0 Å². The van der Waals surface area contributed by atoms with Gasteiger partial charge >= 0.3 is 0 Å². The third kappa shape index (κ3) is 6.93. The van der Waals surface area contributed by atoms with Crippen LogP contribution in [0.1, 0.15) is 102 Å². The summed E-state index contributed by atoms with van der Waals surface area (Å²) in [7, 11) is 0. The minimum Gasteiger partial charge on any atom is -0.396 e. The summed E-state index contributed by atoms with van der Waals surface area (Å²) < 4.78 is 0. The van der Waals surface area contributed by atoms with Crippen LogP contribution in [0.4, 0.5) is 0 Å². The standard InChI is InChI=1S/C42H56N2O6/c1-26(2)9-6-10-27(3)21-29-14-17-41(31(22-29)25-46)18-19-42(39(41)49)35(13-8-20-45)32(15-16-40(42,5)50)28(4)36(47)23-30-11-7-12-33-34(30)24-37(48)44-38(33)43/h7,9,11-12,14,17,21-22,35,38-39,45-46,49-50H,3,6,8,10,13,15-16,18-20,23-25,43H2,1-2,4-5H3,(H,44,48). The first-order valence-electron chi connectivity index (χ1n) is 18.1. The van der Waals surface area contributed by atoms with Crippen molar-refractivity contribution in [1.29, 1.82) is 0 Å². The fraction of sp³-hybridized carbons (Fsp3) is 0.524. The van der Waals surface area contributed by atoms with Gasteiger partial charge in [0.2, 0.25) is 5.91 Å². The molecule has 0 aromatic heterocycles. The maximum absolute atomic E-state index is 14.1. The molecule has 1 amide bonds. The number of aliphatic hydroxyl groups excluding tert-OH is 3. The van der Waals surface area contributed by atoms with Gasteiger partial charge in [0.25, 0.3) is 0 Å². The van der Waals surface area contributed by atoms with Gasteiger partial charge in [-0.1, -0.05) is 71.9 Å². The van der Waals surface area contributed by atoms with Gasteiger partial charge in [0.1, 0.15) is 6.17 Å². The number of fused-ring (bicyclic) bond motifs is 1. The summed E-state index contributed by atoms with van der Waals surface area (Å²) in [5.74, 6) is -0.626. The molecule has 1 heterocycles. The molecule has 5 rings (SSSR count). The number of carbonyl (C=O) groups is 2. The second-order valence-corrected chi connectivity index (χ2v) is 15.4. The maximum Gasteiger partial charge on any atom is 0.225 e. The first-order valence-corrected chi connectivity index (χ1v) is 18.1. The lowest BCUT2D eigenvalue weighted by atomic mass is 9.51. The first kappa shape index (κ1) is 37.8. The van der Waals surface area contributed by atoms with E-state index in [1.165, 1.54) is 5.57 Å². The minimum absolute atomic E-state index is 0.0535. The van der Waals surface area contributed by atoms with Crippen LogP contribution in [0.3, 0.4) is 0 Å². The number of allylic oxidation sites excluding steroid dienone is 9. The molecule has 6 unspecified atom stereocenters. The molecular weight excluding hydrogens is 628 g/mol. The van der Waals surface area contributed by atoms with Crippen molar-refractivity contribution in [2.45, 2.75) is 110 Å². The van der Waals surface area contributed by atoms with Crippen LogP contribution >= 0.6 is 0 Å². The minimum atomic E-state index is -1.27. The van der Waals surface area contributed by atoms with Gasteiger partial charge < -0.3 is 31.5 Å². The van der Waals surface area contributed by atoms with E-state index >= 15 is 0 Å². The number of hydrogen-bond donors (Lipinski definition) is 6. The molecule has 2 saturated carbocycles. The van der Waals surface area contributed by atoms with Crippen molar-refractivity contribution in [1.82, 2.24) is 5.32 Å². The Morgan fingerprint density at radius 2 is 1.92 bits per heavy atom. The first-order chi connectivity index (χ1) is 23.7. The second-order valence-electron chi connectivity index (χ2n) is 15.4. The molecule has 270 valence electrons. The number of Topliss-reactive ketones (excluding diaryl/α,β-unsaturated/α-hetero) is 1. The molecule has 8 nitrogen and oxygen atoms in total. The summed E-state index contributed by atoms with van der Waals surface area (Å²) in [5, 5.41) is 48.4. The quantitative estimate of drug-likeness (QED) is 0.133. The molecule has 1 aliphatic heterocycles. The molecule has 1 aromatic rings. The van der Waals surface area contributed by atoms with E-state index in [2.05, 4.69) is 31.8 Å². The number of carbonyl (C=O) groups excluding carboxylic acids is 2. The monoisotopic (exact) mass is 684 g/mol. The zero-order valence-electron chi connectivity index (χ0n) is 30.2. The molecule has 0 bridgehead atoms. The summed E-state index contributed by atoms with van der Waals surface area (Å²) in [6, 6.07) is 5.61. The molecule has 1 aromatic carbocycles. The Balaban J connectivity index is 1.50. The third-order valence-corrected chi connectivity index (χ3v) is 12.1. The Morgan fingerprint density at radius 1 is 1.16 bits per heavy atom. The molecule has 8 heteroatoms. The van der Waals surface area contributed by atoms with Crippen LogP contribution < -0.4 is 11.1 Å². The maximum atomic E-state index is 14.1. The van der Waals surface area contributed by atoms with Crippen LogP contribution in [-0.2, 0) is 22.4 Å². The zero-order chi connectivity index (χ0) is 36.4. The topological polar surface area (TPSA) is 153 Å². The highest BCUT2D eigenvalue weighted by atomic mass is 16.3. The van der Waals surface area contributed by atoms with Crippen LogP contribution in [-0.4, -0.2) is 57.0 Å². The summed E-state index contributed by atoms with van der Waals surface area (Å²) in [6.45, 7) is 11.7. The van der Waals surface area contributed by atoms with E-state index in [9.17, 15) is 30.0 Å². The summed E-state index contributed by atoms with van der Waals surface area (Å²) in [6.07, 6.45) is 13.3. The Labute approximate surface area is 297 Å². The SMILES string of the molecule is C=C(C=C1C=CC2(CCC3(C(CCCO)C(=C(C)C(=O)Cc4cccc5c4CC(=O)NC5N)CCC3(C)O)C2O)C(CO)=C1)CCC=C(C)C. The number of ketones is 1. The van der Waals surface area contributed by atoms with E-state index in [-0.39, 0.29) is 43.7 Å². The number of amides is 1. The van der Waals surface area contributed by atoms with Crippen LogP contribution in [0, 0.1) is 16.7 Å². The predicted octanol–water partition coefficient (Wildman–Crippen LogP) is 5.52. The van der Waals surface area contributed by atoms with Crippen molar-refractivity contribution in [3.8, 4) is 0 Å². The van der Waals surface area contributed by atoms with Gasteiger partial charge in [-0.25, -0.2) is 0 Å². The van der Waals surface area contributed by atoms with Crippen molar-refractivity contribution >= 4 is 11.7 Å². The molecular formula is C42H56N2O6. The van der Waals surface area contributed by atoms with Gasteiger partial charge in [-0.3, -0.25) is 9.59 Å². The second kappa shape index (κ2) is 15.1. The fourth-order valence-corrected chi connectivity index (χ4v) is 9.38. The fourth-order valence-electron chi connectivity index (χ4n) is 9.38. The largest absolute Gasteiger partial charge is 0.396 e. The molecule has 50 heavy (non-hydrogen) atoms. The molecule has 2 fully saturated rings. The highest BCUT2D eigenvalue weighted by Crippen LogP contribution is 2.67. The molecule has 2 spiro atoms. The smallest absolute Gasteiger partial charge is 0.225 e. The molecule has 3 aliphatic carbocycles. The molecule has 4 aliphatic rings. The Hall–Kier alpha value is -3.40. The molecule has 7 N–H and O–H groups in total. The lowest BCUT2D eigenvalue weighted by molar-refractivity contribution is -0.173. The Kier molecular flexibility index (Phi) is 11.4. The predicted molar refractivity (Wildman–Crippen MR) is 197 cm³/mol. The molecule has 0 saturated heterocycles. The van der Waals surface area contributed by atoms with Gasteiger partial charge in [-0.05, 0) is 118 Å². The van der Waals surface area contributed by atoms with Crippen molar-refractivity contribution in [2.75, 3.05) is 13.2 Å². The zero-order valence-corrected chi connectivity index (χ0v) is 30.2. The van der Waals surface area contributed by atoms with E-state index in [1.807, 2.05) is 49.4 Å². The van der Waals surface area contributed by atoms with Crippen LogP contribution in [0.5, 0.6) is 0 Å². The number of hydrogen-bond acceptors (Lipinski definition) is 7. The number of benzene rings is 1. The summed E-state index contributed by atoms with van der Waals surface area (Å²) in [4.78, 5) is 26.5. The van der Waals surface area contributed by atoms with Gasteiger partial charge in [-0.15, -0.1) is 0 Å². The van der Waals surface area contributed by atoms with E-state index in [1.54, 1.807) is 6.92 Å². The van der Waals surface area contributed by atoms with Crippen LogP contribution in [0.15, 0.2) is 88.6 Å². The lowest BCUT2D eigenvalue weighted by Gasteiger charge is -2.56. The van der Waals surface area contributed by atoms with Crippen molar-refractivity contribution in [2.24, 2.45) is 22.5 Å². The summed E-state index contributed by atoms with van der Waals surface area (Å²) >= 11 is 0. The Morgan fingerprint density at radius 3 is 2.62 bits per heavy atom. The van der Waals surface area contributed by atoms with Gasteiger partial charge in [0, 0.05) is 23.9 Å². The van der Waals surface area contributed by atoms with Crippen LogP contribution in [0.2, 0.25) is 0 Å². The lowest BCUT2D eigenvalue weighted by Crippen LogP contribution is -2.61. The average molecular weight is 685 g/mol. The van der Waals surface area contributed by atoms with E-state index in [0.717, 1.165) is 46.3 Å². The average Bonchev–Trinajstić information content (AvgIpc) is 3.35. The van der Waals surface area contributed by atoms with E-state index in [0.29, 0.717) is 49.7 Å². The highest BCUT2D eigenvalue weighted by molar-refractivity contribution is 5.97. The van der Waals surface area contributed by atoms with Crippen molar-refractivity contribution in [3.05, 3.63) is 105 Å².